The summed E-state index contributed by atoms with van der Waals surface area (Å²) in [4.78, 5) is 12.6. The smallest absolute Gasteiger partial charge is 0.287 e. The van der Waals surface area contributed by atoms with Crippen molar-refractivity contribution in [2.75, 3.05) is 33.5 Å². The Kier molecular flexibility index (Phi) is 5.80. The van der Waals surface area contributed by atoms with Crippen LogP contribution >= 0.6 is 11.6 Å². The molecule has 1 aliphatic rings. The predicted octanol–water partition coefficient (Wildman–Crippen LogP) is 1.99. The number of aliphatic hydroxyl groups is 1. The Morgan fingerprint density at radius 3 is 3.04 bits per heavy atom. The van der Waals surface area contributed by atoms with Crippen LogP contribution in [0.4, 0.5) is 0 Å². The summed E-state index contributed by atoms with van der Waals surface area (Å²) in [6.45, 7) is 1.02. The lowest BCUT2D eigenvalue weighted by Gasteiger charge is -2.31. The number of hydrogen-bond donors (Lipinski definition) is 2. The van der Waals surface area contributed by atoms with E-state index in [1.807, 2.05) is 0 Å². The number of methoxy groups -OCH3 is 1. The molecule has 1 aromatic carbocycles. The third-order valence-corrected chi connectivity index (χ3v) is 4.25. The molecule has 8 heteroatoms. The Labute approximate surface area is 149 Å². The van der Waals surface area contributed by atoms with Crippen LogP contribution in [-0.2, 0) is 9.47 Å². The van der Waals surface area contributed by atoms with Crippen LogP contribution in [-0.4, -0.2) is 56.7 Å². The Bertz CT molecular complexity index is 746. The van der Waals surface area contributed by atoms with E-state index in [1.165, 1.54) is 7.11 Å². The second-order valence-corrected chi connectivity index (χ2v) is 6.15. The van der Waals surface area contributed by atoms with Gasteiger partial charge in [-0.05, 0) is 18.6 Å². The van der Waals surface area contributed by atoms with E-state index in [-0.39, 0.29) is 37.0 Å². The molecule has 3 rings (SSSR count). The molecule has 1 saturated heterocycles. The van der Waals surface area contributed by atoms with Gasteiger partial charge in [0, 0.05) is 23.1 Å². The minimum absolute atomic E-state index is 0.0820. The van der Waals surface area contributed by atoms with Crippen LogP contribution in [0.3, 0.4) is 0 Å². The Balaban J connectivity index is 1.77. The molecular weight excluding hydrogens is 350 g/mol. The summed E-state index contributed by atoms with van der Waals surface area (Å²) in [5, 5.41) is 13.0. The van der Waals surface area contributed by atoms with Crippen LogP contribution in [0.1, 0.15) is 17.0 Å². The fourth-order valence-corrected chi connectivity index (χ4v) is 3.05. The molecule has 7 nitrogen and oxygen atoms in total. The molecule has 0 saturated carbocycles. The molecule has 2 heterocycles. The van der Waals surface area contributed by atoms with Crippen molar-refractivity contribution in [3.8, 4) is 5.75 Å². The van der Waals surface area contributed by atoms with Gasteiger partial charge in [0.1, 0.15) is 6.10 Å². The van der Waals surface area contributed by atoms with Gasteiger partial charge in [-0.25, -0.2) is 0 Å². The second kappa shape index (κ2) is 8.05. The van der Waals surface area contributed by atoms with Gasteiger partial charge in [-0.1, -0.05) is 11.6 Å². The van der Waals surface area contributed by atoms with E-state index in [4.69, 9.17) is 35.3 Å². The molecule has 0 radical (unpaired) electrons. The lowest BCUT2D eigenvalue weighted by molar-refractivity contribution is -0.0738. The highest BCUT2D eigenvalue weighted by molar-refractivity contribution is 6.31. The molecule has 1 amide bonds. The Hall–Kier alpha value is -1.80. The number of aliphatic hydroxyl groups excluding tert-OH is 1. The summed E-state index contributed by atoms with van der Waals surface area (Å²) < 4.78 is 21.8. The zero-order valence-corrected chi connectivity index (χ0v) is 14.5. The zero-order chi connectivity index (χ0) is 17.8. The highest BCUT2D eigenvalue weighted by atomic mass is 35.5. The van der Waals surface area contributed by atoms with Crippen LogP contribution in [0.5, 0.6) is 5.75 Å². The molecular formula is C17H20ClNO6. The predicted molar refractivity (Wildman–Crippen MR) is 91.3 cm³/mol. The van der Waals surface area contributed by atoms with Crippen molar-refractivity contribution in [2.45, 2.75) is 18.6 Å². The normalized spacial score (nSPS) is 20.6. The summed E-state index contributed by atoms with van der Waals surface area (Å²) in [6.07, 6.45) is 0.315. The number of hydrogen-bond acceptors (Lipinski definition) is 6. The molecule has 1 aromatic heterocycles. The Morgan fingerprint density at radius 1 is 1.44 bits per heavy atom. The number of carbonyl (C=O) groups excluding carboxylic acids is 1. The van der Waals surface area contributed by atoms with E-state index in [9.17, 15) is 4.79 Å². The molecule has 0 unspecified atom stereocenters. The molecule has 2 atom stereocenters. The van der Waals surface area contributed by atoms with E-state index in [2.05, 4.69) is 5.32 Å². The van der Waals surface area contributed by atoms with Gasteiger partial charge < -0.3 is 29.1 Å². The fraction of sp³-hybridized carbons (Fsp3) is 0.471. The van der Waals surface area contributed by atoms with Crippen LogP contribution < -0.4 is 10.1 Å². The summed E-state index contributed by atoms with van der Waals surface area (Å²) in [6, 6.07) is 4.75. The van der Waals surface area contributed by atoms with Crippen molar-refractivity contribution in [3.63, 3.8) is 0 Å². The van der Waals surface area contributed by atoms with Gasteiger partial charge in [0.2, 0.25) is 0 Å². The highest BCUT2D eigenvalue weighted by Crippen LogP contribution is 2.32. The average molecular weight is 370 g/mol. The van der Waals surface area contributed by atoms with Crippen LogP contribution in [0.2, 0.25) is 5.02 Å². The van der Waals surface area contributed by atoms with Crippen molar-refractivity contribution in [3.05, 3.63) is 29.0 Å². The molecule has 2 aromatic rings. The number of carbonyl (C=O) groups is 1. The summed E-state index contributed by atoms with van der Waals surface area (Å²) in [5.41, 5.74) is 0.470. The number of halogens is 1. The minimum Gasteiger partial charge on any atom is -0.493 e. The second-order valence-electron chi connectivity index (χ2n) is 5.71. The fourth-order valence-electron chi connectivity index (χ4n) is 2.83. The van der Waals surface area contributed by atoms with E-state index in [0.717, 1.165) is 0 Å². The van der Waals surface area contributed by atoms with Crippen LogP contribution in [0, 0.1) is 0 Å². The number of rotatable bonds is 6. The van der Waals surface area contributed by atoms with Crippen LogP contribution in [0.15, 0.2) is 22.6 Å². The highest BCUT2D eigenvalue weighted by Gasteiger charge is 2.29. The molecule has 0 aliphatic carbocycles. The molecule has 136 valence electrons. The lowest BCUT2D eigenvalue weighted by Crippen LogP contribution is -2.50. The van der Waals surface area contributed by atoms with Crippen molar-refractivity contribution < 1.29 is 28.5 Å². The largest absolute Gasteiger partial charge is 0.493 e. The first-order valence-electron chi connectivity index (χ1n) is 8.00. The lowest BCUT2D eigenvalue weighted by atomic mass is 10.1. The third-order valence-electron chi connectivity index (χ3n) is 4.03. The Morgan fingerprint density at radius 2 is 2.28 bits per heavy atom. The molecule has 0 spiro atoms. The van der Waals surface area contributed by atoms with Crippen molar-refractivity contribution in [2.24, 2.45) is 0 Å². The standard InChI is InChI=1S/C17H20ClNO6/c1-22-13-8-11(18)6-10-7-14(25-16(10)13)17(21)19-12-2-4-23-9-15(12)24-5-3-20/h6-8,12,15,20H,2-5,9H2,1H3,(H,19,21)/t12-,15-/m1/s1. The number of furan rings is 1. The summed E-state index contributed by atoms with van der Waals surface area (Å²) in [7, 11) is 1.51. The van der Waals surface area contributed by atoms with Crippen LogP contribution in [0.25, 0.3) is 11.0 Å². The van der Waals surface area contributed by atoms with E-state index >= 15 is 0 Å². The van der Waals surface area contributed by atoms with Crippen molar-refractivity contribution in [1.29, 1.82) is 0 Å². The summed E-state index contributed by atoms with van der Waals surface area (Å²) >= 11 is 6.04. The SMILES string of the molecule is COc1cc(Cl)cc2cc(C(=O)N[C@@H]3CCOC[C@H]3OCCO)oc12. The molecule has 2 N–H and O–H groups in total. The first kappa shape index (κ1) is 18.0. The van der Waals surface area contributed by atoms with Gasteiger partial charge in [0.05, 0.1) is 33.0 Å². The van der Waals surface area contributed by atoms with E-state index in [1.54, 1.807) is 18.2 Å². The van der Waals surface area contributed by atoms with Gasteiger partial charge in [-0.2, -0.15) is 0 Å². The van der Waals surface area contributed by atoms with E-state index in [0.29, 0.717) is 41.4 Å². The van der Waals surface area contributed by atoms with Crippen molar-refractivity contribution >= 4 is 28.5 Å². The van der Waals surface area contributed by atoms with Gasteiger partial charge in [0.15, 0.2) is 17.1 Å². The summed E-state index contributed by atoms with van der Waals surface area (Å²) in [5.74, 6) is 0.290. The number of ether oxygens (including phenoxy) is 3. The monoisotopic (exact) mass is 369 g/mol. The average Bonchev–Trinajstić information content (AvgIpc) is 3.04. The topological polar surface area (TPSA) is 90.2 Å². The van der Waals surface area contributed by atoms with Crippen molar-refractivity contribution in [1.82, 2.24) is 5.32 Å². The van der Waals surface area contributed by atoms with Gasteiger partial charge in [-0.15, -0.1) is 0 Å². The quantitative estimate of drug-likeness (QED) is 0.809. The van der Waals surface area contributed by atoms with E-state index < -0.39 is 0 Å². The molecule has 0 bridgehead atoms. The molecule has 1 aliphatic heterocycles. The molecule has 25 heavy (non-hydrogen) atoms. The first-order valence-corrected chi connectivity index (χ1v) is 8.38. The van der Waals surface area contributed by atoms with Gasteiger partial charge in [-0.3, -0.25) is 4.79 Å². The maximum atomic E-state index is 12.6. The van der Waals surface area contributed by atoms with Gasteiger partial charge >= 0.3 is 0 Å². The maximum absolute atomic E-state index is 12.6. The number of amides is 1. The first-order chi connectivity index (χ1) is 12.1. The maximum Gasteiger partial charge on any atom is 0.287 e. The number of benzene rings is 1. The zero-order valence-electron chi connectivity index (χ0n) is 13.8. The van der Waals surface area contributed by atoms with Gasteiger partial charge in [0.25, 0.3) is 5.91 Å². The number of fused-ring (bicyclic) bond motifs is 1. The molecule has 1 fully saturated rings. The minimum atomic E-state index is -0.348. The third kappa shape index (κ3) is 4.07. The number of nitrogens with one attached hydrogen (secondary N) is 1.